The summed E-state index contributed by atoms with van der Waals surface area (Å²) in [6.45, 7) is 4.04. The number of carbonyl (C=O) groups is 1. The molecular formula is C20H27N5O5S. The number of imidazole rings is 1. The third kappa shape index (κ3) is 5.28. The van der Waals surface area contributed by atoms with E-state index in [9.17, 15) is 13.2 Å². The summed E-state index contributed by atoms with van der Waals surface area (Å²) < 4.78 is 38.0. The van der Waals surface area contributed by atoms with Crippen molar-refractivity contribution in [3.8, 4) is 0 Å². The molecule has 2 aromatic heterocycles. The number of rotatable bonds is 9. The average Bonchev–Trinajstić information content (AvgIpc) is 3.27. The summed E-state index contributed by atoms with van der Waals surface area (Å²) in [7, 11) is 1.24. The molecule has 31 heavy (non-hydrogen) atoms. The second-order valence-corrected chi connectivity index (χ2v) is 10.0. The van der Waals surface area contributed by atoms with Crippen molar-refractivity contribution < 1.29 is 22.5 Å². The number of hydrogen-bond acceptors (Lipinski definition) is 8. The largest absolute Gasteiger partial charge is 0.456 e. The van der Waals surface area contributed by atoms with Gasteiger partial charge in [-0.25, -0.2) is 17.7 Å². The summed E-state index contributed by atoms with van der Waals surface area (Å²) in [6.07, 6.45) is 1.16. The highest BCUT2D eigenvalue weighted by molar-refractivity contribution is 7.89. The van der Waals surface area contributed by atoms with E-state index >= 15 is 0 Å². The first-order chi connectivity index (χ1) is 14.6. The van der Waals surface area contributed by atoms with Crippen LogP contribution in [0.4, 0.5) is 0 Å². The van der Waals surface area contributed by atoms with E-state index in [0.717, 1.165) is 9.82 Å². The van der Waals surface area contributed by atoms with Crippen molar-refractivity contribution in [3.05, 3.63) is 35.7 Å². The fourth-order valence-corrected chi connectivity index (χ4v) is 3.97. The Morgan fingerprint density at radius 2 is 2.00 bits per heavy atom. The van der Waals surface area contributed by atoms with Gasteiger partial charge in [-0.15, -0.1) is 0 Å². The van der Waals surface area contributed by atoms with Crippen LogP contribution in [0.3, 0.4) is 0 Å². The van der Waals surface area contributed by atoms with E-state index in [1.54, 1.807) is 12.1 Å². The van der Waals surface area contributed by atoms with Gasteiger partial charge >= 0.3 is 5.97 Å². The van der Waals surface area contributed by atoms with E-state index in [2.05, 4.69) is 29.0 Å². The zero-order valence-corrected chi connectivity index (χ0v) is 19.1. The summed E-state index contributed by atoms with van der Waals surface area (Å²) >= 11 is 0. The maximum absolute atomic E-state index is 12.3. The number of benzene rings is 1. The predicted molar refractivity (Wildman–Crippen MR) is 113 cm³/mol. The molecular weight excluding hydrogens is 422 g/mol. The molecule has 168 valence electrons. The molecule has 10 nitrogen and oxygen atoms in total. The molecule has 2 heterocycles. The molecule has 0 bridgehead atoms. The van der Waals surface area contributed by atoms with Crippen LogP contribution in [0.5, 0.6) is 0 Å². The van der Waals surface area contributed by atoms with E-state index in [1.807, 2.05) is 11.6 Å². The molecule has 0 spiro atoms. The van der Waals surface area contributed by atoms with E-state index in [1.165, 1.54) is 20.2 Å². The van der Waals surface area contributed by atoms with Crippen LogP contribution in [0.15, 0.2) is 27.6 Å². The first-order valence-corrected chi connectivity index (χ1v) is 11.4. The molecule has 3 aromatic rings. The average molecular weight is 450 g/mol. The fourth-order valence-electron chi connectivity index (χ4n) is 3.05. The number of ether oxygens (including phenoxy) is 1. The molecule has 3 rings (SSSR count). The Kier molecular flexibility index (Phi) is 6.75. The maximum atomic E-state index is 12.3. The van der Waals surface area contributed by atoms with Crippen LogP contribution in [-0.2, 0) is 46.1 Å². The van der Waals surface area contributed by atoms with Gasteiger partial charge in [-0.05, 0) is 24.1 Å². The number of sulfonamides is 1. The van der Waals surface area contributed by atoms with Crippen molar-refractivity contribution >= 4 is 27.0 Å². The number of aryl methyl sites for hydroxylation is 2. The smallest absolute Gasteiger partial charge is 0.306 e. The molecule has 0 aliphatic carbocycles. The van der Waals surface area contributed by atoms with Crippen molar-refractivity contribution in [2.75, 3.05) is 14.1 Å². The molecule has 0 N–H and O–H groups in total. The lowest BCUT2D eigenvalue weighted by atomic mass is 10.1. The number of esters is 1. The molecule has 0 radical (unpaired) electrons. The highest BCUT2D eigenvalue weighted by atomic mass is 32.2. The number of carbonyl (C=O) groups excluding carboxylic acids is 1. The van der Waals surface area contributed by atoms with E-state index in [-0.39, 0.29) is 23.8 Å². The minimum atomic E-state index is -3.55. The third-order valence-corrected chi connectivity index (χ3v) is 6.54. The summed E-state index contributed by atoms with van der Waals surface area (Å²) in [5.74, 6) is 1.51. The highest BCUT2D eigenvalue weighted by Crippen LogP contribution is 2.22. The molecule has 1 aromatic carbocycles. The van der Waals surface area contributed by atoms with Crippen molar-refractivity contribution in [2.45, 2.75) is 44.6 Å². The minimum Gasteiger partial charge on any atom is -0.456 e. The molecule has 0 atom stereocenters. The molecule has 0 saturated carbocycles. The molecule has 0 aliphatic rings. The van der Waals surface area contributed by atoms with Crippen molar-refractivity contribution in [1.82, 2.24) is 24.0 Å². The summed E-state index contributed by atoms with van der Waals surface area (Å²) in [5, 5.41) is 3.86. The van der Waals surface area contributed by atoms with Crippen LogP contribution in [0, 0.1) is 5.92 Å². The van der Waals surface area contributed by atoms with Crippen LogP contribution in [-0.4, -0.2) is 52.5 Å². The van der Waals surface area contributed by atoms with E-state index in [0.29, 0.717) is 35.9 Å². The zero-order chi connectivity index (χ0) is 22.8. The lowest BCUT2D eigenvalue weighted by Gasteiger charge is -2.10. The quantitative estimate of drug-likeness (QED) is 0.455. The Morgan fingerprint density at radius 3 is 2.68 bits per heavy atom. The van der Waals surface area contributed by atoms with Gasteiger partial charge in [0.25, 0.3) is 5.89 Å². The van der Waals surface area contributed by atoms with Crippen molar-refractivity contribution in [1.29, 1.82) is 0 Å². The van der Waals surface area contributed by atoms with Gasteiger partial charge < -0.3 is 13.8 Å². The van der Waals surface area contributed by atoms with Gasteiger partial charge in [-0.1, -0.05) is 19.0 Å². The second kappa shape index (κ2) is 9.15. The topological polar surface area (TPSA) is 120 Å². The summed E-state index contributed by atoms with van der Waals surface area (Å²) in [5.41, 5.74) is 1.34. The van der Waals surface area contributed by atoms with Crippen LogP contribution < -0.4 is 0 Å². The first-order valence-electron chi connectivity index (χ1n) is 9.93. The molecule has 0 aliphatic heterocycles. The maximum Gasteiger partial charge on any atom is 0.306 e. The Balaban J connectivity index is 1.62. The van der Waals surface area contributed by atoms with Crippen molar-refractivity contribution in [3.63, 3.8) is 0 Å². The lowest BCUT2D eigenvalue weighted by Crippen LogP contribution is -2.22. The summed E-state index contributed by atoms with van der Waals surface area (Å²) in [4.78, 5) is 21.0. The lowest BCUT2D eigenvalue weighted by molar-refractivity contribution is -0.145. The Hall–Kier alpha value is -2.79. The normalized spacial score (nSPS) is 12.2. The molecule has 0 unspecified atom stereocenters. The number of hydrogen-bond donors (Lipinski definition) is 0. The van der Waals surface area contributed by atoms with Gasteiger partial charge in [-0.2, -0.15) is 4.98 Å². The Morgan fingerprint density at radius 1 is 1.26 bits per heavy atom. The number of nitrogens with zero attached hydrogens (tertiary/aromatic N) is 5. The Bertz CT molecular complexity index is 1180. The third-order valence-electron chi connectivity index (χ3n) is 4.73. The van der Waals surface area contributed by atoms with E-state index < -0.39 is 16.0 Å². The van der Waals surface area contributed by atoms with Gasteiger partial charge in [-0.3, -0.25) is 4.79 Å². The molecule has 0 fully saturated rings. The second-order valence-electron chi connectivity index (χ2n) is 7.89. The van der Waals surface area contributed by atoms with Crippen LogP contribution in [0.2, 0.25) is 0 Å². The molecule has 0 amide bonds. The molecule has 11 heteroatoms. The van der Waals surface area contributed by atoms with Crippen LogP contribution >= 0.6 is 0 Å². The highest BCUT2D eigenvalue weighted by Gasteiger charge is 2.19. The minimum absolute atomic E-state index is 0.0712. The fraction of sp³-hybridized carbons (Fsp3) is 0.500. The SMILES string of the molecule is CC(C)Cc1noc(COC(=O)CCc2nc3cc(S(=O)(=O)N(C)C)ccc3n2C)n1. The summed E-state index contributed by atoms with van der Waals surface area (Å²) in [6, 6.07) is 4.80. The van der Waals surface area contributed by atoms with Gasteiger partial charge in [0.15, 0.2) is 12.4 Å². The van der Waals surface area contributed by atoms with Crippen LogP contribution in [0.25, 0.3) is 11.0 Å². The van der Waals surface area contributed by atoms with Gasteiger partial charge in [0, 0.05) is 34.0 Å². The Labute approximate surface area is 181 Å². The van der Waals surface area contributed by atoms with Gasteiger partial charge in [0.1, 0.15) is 5.82 Å². The first kappa shape index (κ1) is 22.9. The van der Waals surface area contributed by atoms with Gasteiger partial charge in [0.05, 0.1) is 22.3 Å². The standard InChI is InChI=1S/C20H27N5O5S/c1-13(2)10-17-22-19(30-23-17)12-29-20(26)9-8-18-21-15-11-14(31(27,28)24(3)4)6-7-16(15)25(18)5/h6-7,11,13H,8-10,12H2,1-5H3. The zero-order valence-electron chi connectivity index (χ0n) is 18.3. The number of aromatic nitrogens is 4. The van der Waals surface area contributed by atoms with Crippen LogP contribution in [0.1, 0.15) is 37.8 Å². The predicted octanol–water partition coefficient (Wildman–Crippen LogP) is 2.08. The monoisotopic (exact) mass is 449 g/mol. The van der Waals surface area contributed by atoms with Crippen molar-refractivity contribution in [2.24, 2.45) is 13.0 Å². The number of fused-ring (bicyclic) bond motifs is 1. The molecule has 0 saturated heterocycles. The van der Waals surface area contributed by atoms with E-state index in [4.69, 9.17) is 9.26 Å². The van der Waals surface area contributed by atoms with Gasteiger partial charge in [0.2, 0.25) is 10.0 Å².